The first-order valence-electron chi connectivity index (χ1n) is 5.62. The highest BCUT2D eigenvalue weighted by atomic mass is 79.9. The Morgan fingerprint density at radius 2 is 2.12 bits per heavy atom. The number of rotatable bonds is 2. The van der Waals surface area contributed by atoms with E-state index in [1.807, 2.05) is 12.3 Å². The van der Waals surface area contributed by atoms with E-state index in [9.17, 15) is 0 Å². The summed E-state index contributed by atoms with van der Waals surface area (Å²) in [6.07, 6.45) is 4.03. The molecular formula is C12H17BrN2O. The van der Waals surface area contributed by atoms with Gasteiger partial charge in [0.05, 0.1) is 4.47 Å². The zero-order chi connectivity index (χ0) is 11.5. The molecule has 0 spiro atoms. The number of halogens is 1. The van der Waals surface area contributed by atoms with Crippen LogP contribution in [0.15, 0.2) is 16.7 Å². The summed E-state index contributed by atoms with van der Waals surface area (Å²) in [5.41, 5.74) is 1.23. The van der Waals surface area contributed by atoms with Gasteiger partial charge < -0.3 is 9.64 Å². The Hall–Kier alpha value is -0.610. The number of anilines is 1. The minimum Gasteiger partial charge on any atom is -0.381 e. The number of pyridine rings is 1. The first kappa shape index (κ1) is 11.9. The van der Waals surface area contributed by atoms with Crippen LogP contribution in [0.25, 0.3) is 0 Å². The Labute approximate surface area is 105 Å². The summed E-state index contributed by atoms with van der Waals surface area (Å²) < 4.78 is 6.48. The van der Waals surface area contributed by atoms with Crippen molar-refractivity contribution < 1.29 is 4.74 Å². The normalized spacial score (nSPS) is 17.4. The molecule has 1 aromatic heterocycles. The van der Waals surface area contributed by atoms with Crippen molar-refractivity contribution in [3.63, 3.8) is 0 Å². The standard InChI is InChI=1S/C12H17BrN2O/c1-9-3-6-14-12(11(9)13)15(2)10-4-7-16-8-5-10/h3,6,10H,4-5,7-8H2,1-2H3. The van der Waals surface area contributed by atoms with Gasteiger partial charge >= 0.3 is 0 Å². The minimum atomic E-state index is 0.541. The third-order valence-corrected chi connectivity index (χ3v) is 4.12. The topological polar surface area (TPSA) is 25.4 Å². The second-order valence-corrected chi connectivity index (χ2v) is 5.01. The molecule has 1 aliphatic heterocycles. The molecule has 0 aromatic carbocycles. The number of ether oxygens (including phenoxy) is 1. The molecular weight excluding hydrogens is 268 g/mol. The maximum absolute atomic E-state index is 5.38. The van der Waals surface area contributed by atoms with Gasteiger partial charge in [-0.2, -0.15) is 0 Å². The zero-order valence-electron chi connectivity index (χ0n) is 9.74. The molecule has 0 amide bonds. The van der Waals surface area contributed by atoms with Gasteiger partial charge in [-0.1, -0.05) is 0 Å². The largest absolute Gasteiger partial charge is 0.381 e. The van der Waals surface area contributed by atoms with E-state index in [-0.39, 0.29) is 0 Å². The van der Waals surface area contributed by atoms with Gasteiger partial charge in [0.2, 0.25) is 0 Å². The molecule has 1 aliphatic rings. The Bertz CT molecular complexity index is 364. The van der Waals surface area contributed by atoms with Crippen molar-refractivity contribution in [1.82, 2.24) is 4.98 Å². The Morgan fingerprint density at radius 3 is 2.81 bits per heavy atom. The lowest BCUT2D eigenvalue weighted by Crippen LogP contribution is -2.37. The van der Waals surface area contributed by atoms with Crippen LogP contribution in [0.3, 0.4) is 0 Å². The SMILES string of the molecule is Cc1ccnc(N(C)C2CCOCC2)c1Br. The van der Waals surface area contributed by atoms with Crippen LogP contribution in [0, 0.1) is 6.92 Å². The maximum Gasteiger partial charge on any atom is 0.143 e. The number of aryl methyl sites for hydroxylation is 1. The predicted molar refractivity (Wildman–Crippen MR) is 68.9 cm³/mol. The first-order valence-corrected chi connectivity index (χ1v) is 6.41. The average molecular weight is 285 g/mol. The monoisotopic (exact) mass is 284 g/mol. The van der Waals surface area contributed by atoms with Crippen LogP contribution in [-0.4, -0.2) is 31.3 Å². The van der Waals surface area contributed by atoms with Crippen molar-refractivity contribution >= 4 is 21.7 Å². The Balaban J connectivity index is 2.19. The molecule has 0 unspecified atom stereocenters. The van der Waals surface area contributed by atoms with Gasteiger partial charge in [-0.3, -0.25) is 0 Å². The highest BCUT2D eigenvalue weighted by molar-refractivity contribution is 9.10. The second kappa shape index (κ2) is 5.15. The molecule has 0 bridgehead atoms. The van der Waals surface area contributed by atoms with Crippen molar-refractivity contribution in [2.75, 3.05) is 25.2 Å². The highest BCUT2D eigenvalue weighted by Gasteiger charge is 2.21. The molecule has 0 saturated carbocycles. The smallest absolute Gasteiger partial charge is 0.143 e. The predicted octanol–water partition coefficient (Wildman–Crippen LogP) is 2.77. The van der Waals surface area contributed by atoms with Crippen LogP contribution < -0.4 is 4.90 Å². The van der Waals surface area contributed by atoms with Gasteiger partial charge in [-0.25, -0.2) is 4.98 Å². The minimum absolute atomic E-state index is 0.541. The summed E-state index contributed by atoms with van der Waals surface area (Å²) >= 11 is 3.61. The van der Waals surface area contributed by atoms with E-state index in [1.165, 1.54) is 5.56 Å². The van der Waals surface area contributed by atoms with E-state index in [4.69, 9.17) is 4.74 Å². The van der Waals surface area contributed by atoms with E-state index < -0.39 is 0 Å². The first-order chi connectivity index (χ1) is 7.70. The summed E-state index contributed by atoms with van der Waals surface area (Å²) in [6.45, 7) is 3.81. The number of nitrogens with zero attached hydrogens (tertiary/aromatic N) is 2. The van der Waals surface area contributed by atoms with Crippen LogP contribution in [0.2, 0.25) is 0 Å². The van der Waals surface area contributed by atoms with Gasteiger partial charge in [0.25, 0.3) is 0 Å². The summed E-state index contributed by atoms with van der Waals surface area (Å²) in [5.74, 6) is 1.03. The van der Waals surface area contributed by atoms with E-state index in [0.29, 0.717) is 6.04 Å². The highest BCUT2D eigenvalue weighted by Crippen LogP contribution is 2.29. The lowest BCUT2D eigenvalue weighted by atomic mass is 10.1. The third kappa shape index (κ3) is 2.38. The van der Waals surface area contributed by atoms with Crippen molar-refractivity contribution in [3.8, 4) is 0 Å². The van der Waals surface area contributed by atoms with Gasteiger partial charge in [0.1, 0.15) is 5.82 Å². The fourth-order valence-electron chi connectivity index (χ4n) is 2.02. The second-order valence-electron chi connectivity index (χ2n) is 4.22. The van der Waals surface area contributed by atoms with Crippen molar-refractivity contribution in [2.45, 2.75) is 25.8 Å². The molecule has 1 fully saturated rings. The Kier molecular flexibility index (Phi) is 3.82. The maximum atomic E-state index is 5.38. The molecule has 4 heteroatoms. The van der Waals surface area contributed by atoms with E-state index in [1.54, 1.807) is 0 Å². The van der Waals surface area contributed by atoms with Gasteiger partial charge in [-0.15, -0.1) is 0 Å². The molecule has 2 rings (SSSR count). The molecule has 0 aliphatic carbocycles. The van der Waals surface area contributed by atoms with Crippen LogP contribution in [0.5, 0.6) is 0 Å². The summed E-state index contributed by atoms with van der Waals surface area (Å²) in [7, 11) is 2.11. The fourth-order valence-corrected chi connectivity index (χ4v) is 2.53. The van der Waals surface area contributed by atoms with Crippen LogP contribution in [-0.2, 0) is 4.74 Å². The van der Waals surface area contributed by atoms with Crippen molar-refractivity contribution in [2.24, 2.45) is 0 Å². The van der Waals surface area contributed by atoms with Crippen LogP contribution in [0.1, 0.15) is 18.4 Å². The van der Waals surface area contributed by atoms with Crippen molar-refractivity contribution in [1.29, 1.82) is 0 Å². The molecule has 0 N–H and O–H groups in total. The zero-order valence-corrected chi connectivity index (χ0v) is 11.3. The molecule has 2 heterocycles. The number of hydrogen-bond acceptors (Lipinski definition) is 3. The quantitative estimate of drug-likeness (QED) is 0.835. The van der Waals surface area contributed by atoms with E-state index >= 15 is 0 Å². The summed E-state index contributed by atoms with van der Waals surface area (Å²) in [6, 6.07) is 2.56. The summed E-state index contributed by atoms with van der Waals surface area (Å²) in [5, 5.41) is 0. The lowest BCUT2D eigenvalue weighted by molar-refractivity contribution is 0.0853. The van der Waals surface area contributed by atoms with Crippen molar-refractivity contribution in [3.05, 3.63) is 22.3 Å². The fraction of sp³-hybridized carbons (Fsp3) is 0.583. The van der Waals surface area contributed by atoms with Crippen LogP contribution in [0.4, 0.5) is 5.82 Å². The molecule has 16 heavy (non-hydrogen) atoms. The van der Waals surface area contributed by atoms with E-state index in [0.717, 1.165) is 36.3 Å². The van der Waals surface area contributed by atoms with E-state index in [2.05, 4.69) is 39.8 Å². The number of aromatic nitrogens is 1. The third-order valence-electron chi connectivity index (χ3n) is 3.14. The van der Waals surface area contributed by atoms with Gasteiger partial charge in [0.15, 0.2) is 0 Å². The molecule has 88 valence electrons. The average Bonchev–Trinajstić information content (AvgIpc) is 2.33. The van der Waals surface area contributed by atoms with Gasteiger partial charge in [0, 0.05) is 32.5 Å². The summed E-state index contributed by atoms with van der Waals surface area (Å²) in [4.78, 5) is 6.72. The molecule has 0 radical (unpaired) electrons. The molecule has 1 saturated heterocycles. The lowest BCUT2D eigenvalue weighted by Gasteiger charge is -2.32. The van der Waals surface area contributed by atoms with Gasteiger partial charge in [-0.05, 0) is 47.3 Å². The molecule has 0 atom stereocenters. The van der Waals surface area contributed by atoms with Crippen LogP contribution >= 0.6 is 15.9 Å². The Morgan fingerprint density at radius 1 is 1.44 bits per heavy atom. The number of hydrogen-bond donors (Lipinski definition) is 0. The molecule has 1 aromatic rings. The molecule has 3 nitrogen and oxygen atoms in total.